The number of sulfone groups is 1. The van der Waals surface area contributed by atoms with Crippen LogP contribution in [0.3, 0.4) is 0 Å². The lowest BCUT2D eigenvalue weighted by Gasteiger charge is -2.05. The summed E-state index contributed by atoms with van der Waals surface area (Å²) in [5.74, 6) is -0.0791. The molecule has 0 aliphatic carbocycles. The molecule has 0 aromatic heterocycles. The number of rotatable bonds is 5. The van der Waals surface area contributed by atoms with Crippen molar-refractivity contribution in [3.05, 3.63) is 24.3 Å². The van der Waals surface area contributed by atoms with Crippen molar-refractivity contribution in [1.29, 1.82) is 5.26 Å². The Balaban J connectivity index is 2.42. The van der Waals surface area contributed by atoms with E-state index in [-0.39, 0.29) is 12.4 Å². The minimum Gasteiger partial charge on any atom is -0.493 e. The van der Waals surface area contributed by atoms with Crippen molar-refractivity contribution in [2.45, 2.75) is 0 Å². The molecule has 16 heavy (non-hydrogen) atoms. The first-order valence-electron chi connectivity index (χ1n) is 4.59. The van der Waals surface area contributed by atoms with Gasteiger partial charge < -0.3 is 10.5 Å². The molecule has 5 nitrogen and oxygen atoms in total. The van der Waals surface area contributed by atoms with Gasteiger partial charge in [-0.25, -0.2) is 8.42 Å². The highest BCUT2D eigenvalue weighted by atomic mass is 32.2. The maximum absolute atomic E-state index is 11.2. The molecular formula is C10H12N2O3S. The summed E-state index contributed by atoms with van der Waals surface area (Å²) in [4.78, 5) is 0. The van der Waals surface area contributed by atoms with E-state index >= 15 is 0 Å². The largest absolute Gasteiger partial charge is 0.493 e. The molecule has 0 spiro atoms. The number of nitrogen functional groups attached to an aromatic ring is 1. The Morgan fingerprint density at radius 1 is 1.31 bits per heavy atom. The number of nitriles is 1. The predicted octanol–water partition coefficient (Wildman–Crippen LogP) is 0.586. The molecule has 1 aromatic rings. The fourth-order valence-corrected chi connectivity index (χ4v) is 1.70. The molecule has 1 aromatic carbocycles. The molecule has 0 bridgehead atoms. The highest BCUT2D eigenvalue weighted by molar-refractivity contribution is 7.91. The van der Waals surface area contributed by atoms with Gasteiger partial charge in [0.25, 0.3) is 0 Å². The number of benzene rings is 1. The molecule has 0 atom stereocenters. The molecule has 0 saturated heterocycles. The second-order valence-electron chi connectivity index (χ2n) is 3.17. The number of anilines is 1. The molecule has 0 aliphatic rings. The molecule has 6 heteroatoms. The maximum Gasteiger partial charge on any atom is 0.166 e. The van der Waals surface area contributed by atoms with Crippen molar-refractivity contribution >= 4 is 15.5 Å². The maximum atomic E-state index is 11.2. The van der Waals surface area contributed by atoms with Crippen LogP contribution in [-0.2, 0) is 9.84 Å². The monoisotopic (exact) mass is 240 g/mol. The molecule has 0 fully saturated rings. The molecule has 0 saturated carbocycles. The zero-order valence-corrected chi connectivity index (χ0v) is 9.40. The number of ether oxygens (including phenoxy) is 1. The standard InChI is InChI=1S/C10H12N2O3S/c11-5-7-16(13,14)8-6-15-10-3-1-9(12)2-4-10/h1-4H,6-8,12H2. The van der Waals surface area contributed by atoms with Crippen LogP contribution in [0.2, 0.25) is 0 Å². The minimum atomic E-state index is -3.32. The van der Waals surface area contributed by atoms with Crippen LogP contribution in [0.4, 0.5) is 5.69 Å². The van der Waals surface area contributed by atoms with Crippen molar-refractivity contribution in [2.24, 2.45) is 0 Å². The van der Waals surface area contributed by atoms with Crippen LogP contribution in [0.25, 0.3) is 0 Å². The normalized spacial score (nSPS) is 10.7. The first-order chi connectivity index (χ1) is 7.53. The van der Waals surface area contributed by atoms with E-state index in [9.17, 15) is 8.42 Å². The third-order valence-corrected chi connectivity index (χ3v) is 3.19. The van der Waals surface area contributed by atoms with Crippen LogP contribution in [0, 0.1) is 11.3 Å². The van der Waals surface area contributed by atoms with Gasteiger partial charge >= 0.3 is 0 Å². The molecule has 0 radical (unpaired) electrons. The number of hydrogen-bond acceptors (Lipinski definition) is 5. The average molecular weight is 240 g/mol. The topological polar surface area (TPSA) is 93.2 Å². The van der Waals surface area contributed by atoms with Gasteiger partial charge in [0.2, 0.25) is 0 Å². The van der Waals surface area contributed by atoms with Gasteiger partial charge in [-0.2, -0.15) is 5.26 Å². The summed E-state index contributed by atoms with van der Waals surface area (Å²) in [5.41, 5.74) is 6.09. The van der Waals surface area contributed by atoms with Gasteiger partial charge in [0.15, 0.2) is 9.84 Å². The summed E-state index contributed by atoms with van der Waals surface area (Å²) in [5, 5.41) is 8.26. The molecule has 1 rings (SSSR count). The second-order valence-corrected chi connectivity index (χ2v) is 5.35. The van der Waals surface area contributed by atoms with Crippen molar-refractivity contribution in [3.63, 3.8) is 0 Å². The van der Waals surface area contributed by atoms with Crippen LogP contribution in [0.15, 0.2) is 24.3 Å². The van der Waals surface area contributed by atoms with Gasteiger partial charge in [0.1, 0.15) is 18.1 Å². The lowest BCUT2D eigenvalue weighted by atomic mass is 10.3. The van der Waals surface area contributed by atoms with E-state index in [1.54, 1.807) is 30.3 Å². The molecule has 0 aliphatic heterocycles. The fraction of sp³-hybridized carbons (Fsp3) is 0.300. The molecule has 0 heterocycles. The lowest BCUT2D eigenvalue weighted by Crippen LogP contribution is -2.16. The van der Waals surface area contributed by atoms with Gasteiger partial charge in [-0.3, -0.25) is 0 Å². The summed E-state index contributed by atoms with van der Waals surface area (Å²) < 4.78 is 27.5. The highest BCUT2D eigenvalue weighted by Crippen LogP contribution is 2.12. The van der Waals surface area contributed by atoms with Crippen molar-refractivity contribution in [1.82, 2.24) is 0 Å². The summed E-state index contributed by atoms with van der Waals surface area (Å²) in [7, 11) is -3.32. The zero-order valence-electron chi connectivity index (χ0n) is 8.59. The molecule has 0 amide bonds. The van der Waals surface area contributed by atoms with Crippen molar-refractivity contribution in [3.8, 4) is 11.8 Å². The SMILES string of the molecule is N#CCS(=O)(=O)CCOc1ccc(N)cc1. The summed E-state index contributed by atoms with van der Waals surface area (Å²) in [6.45, 7) is 0.0356. The predicted molar refractivity (Wildman–Crippen MR) is 60.6 cm³/mol. The van der Waals surface area contributed by atoms with Crippen molar-refractivity contribution in [2.75, 3.05) is 23.8 Å². The first-order valence-corrected chi connectivity index (χ1v) is 6.41. The zero-order chi connectivity index (χ0) is 12.0. The number of nitrogens with two attached hydrogens (primary N) is 1. The Kier molecular flexibility index (Phi) is 4.14. The highest BCUT2D eigenvalue weighted by Gasteiger charge is 2.09. The van der Waals surface area contributed by atoms with Gasteiger partial charge in [-0.15, -0.1) is 0 Å². The van der Waals surface area contributed by atoms with Crippen LogP contribution in [0.5, 0.6) is 5.75 Å². The quantitative estimate of drug-likeness (QED) is 0.760. The van der Waals surface area contributed by atoms with E-state index in [4.69, 9.17) is 15.7 Å². The Morgan fingerprint density at radius 3 is 2.50 bits per heavy atom. The van der Waals surface area contributed by atoms with E-state index in [0.29, 0.717) is 11.4 Å². The Morgan fingerprint density at radius 2 is 1.94 bits per heavy atom. The number of nitrogens with zero attached hydrogens (tertiary/aromatic N) is 1. The molecular weight excluding hydrogens is 228 g/mol. The third kappa shape index (κ3) is 4.19. The van der Waals surface area contributed by atoms with Crippen molar-refractivity contribution < 1.29 is 13.2 Å². The minimum absolute atomic E-state index is 0.0356. The van der Waals surface area contributed by atoms with Crippen LogP contribution in [0.1, 0.15) is 0 Å². The van der Waals surface area contributed by atoms with Crippen LogP contribution >= 0.6 is 0 Å². The van der Waals surface area contributed by atoms with Crippen LogP contribution in [-0.4, -0.2) is 26.5 Å². The first kappa shape index (κ1) is 12.3. The van der Waals surface area contributed by atoms with E-state index in [1.807, 2.05) is 0 Å². The smallest absolute Gasteiger partial charge is 0.166 e. The average Bonchev–Trinajstić information content (AvgIpc) is 2.20. The summed E-state index contributed by atoms with van der Waals surface area (Å²) in [6, 6.07) is 8.25. The Labute approximate surface area is 94.4 Å². The fourth-order valence-electron chi connectivity index (χ4n) is 1.02. The second kappa shape index (κ2) is 5.37. The Bertz CT molecular complexity index is 474. The van der Waals surface area contributed by atoms with E-state index in [0.717, 1.165) is 0 Å². The lowest BCUT2D eigenvalue weighted by molar-refractivity contribution is 0.341. The molecule has 86 valence electrons. The Hall–Kier alpha value is -1.74. The third-order valence-electron chi connectivity index (χ3n) is 1.83. The van der Waals surface area contributed by atoms with Gasteiger partial charge in [0.05, 0.1) is 11.8 Å². The van der Waals surface area contributed by atoms with Gasteiger partial charge in [-0.05, 0) is 24.3 Å². The summed E-state index contributed by atoms with van der Waals surface area (Å²) in [6.07, 6.45) is 0. The van der Waals surface area contributed by atoms with Gasteiger partial charge in [0, 0.05) is 5.69 Å². The van der Waals surface area contributed by atoms with E-state index < -0.39 is 15.6 Å². The van der Waals surface area contributed by atoms with Gasteiger partial charge in [-0.1, -0.05) is 0 Å². The molecule has 0 unspecified atom stereocenters. The summed E-state index contributed by atoms with van der Waals surface area (Å²) >= 11 is 0. The molecule has 2 N–H and O–H groups in total. The van der Waals surface area contributed by atoms with Crippen LogP contribution < -0.4 is 10.5 Å². The van der Waals surface area contributed by atoms with E-state index in [1.165, 1.54) is 0 Å². The van der Waals surface area contributed by atoms with E-state index in [2.05, 4.69) is 0 Å². The number of hydrogen-bond donors (Lipinski definition) is 1.